The van der Waals surface area contributed by atoms with Crippen LogP contribution in [0.3, 0.4) is 0 Å². The molecular weight excluding hydrogens is 491 g/mol. The van der Waals surface area contributed by atoms with E-state index in [1.807, 2.05) is 24.3 Å². The normalized spacial score (nSPS) is 12.3. The van der Waals surface area contributed by atoms with E-state index < -0.39 is 30.1 Å². The molecule has 0 fully saturated rings. The molecule has 2 amide bonds. The first-order valence-electron chi connectivity index (χ1n) is 10.8. The maximum Gasteiger partial charge on any atom is 0.408 e. The number of carbonyl (C=O) groups excluding carboxylic acids is 2. The fourth-order valence-electron chi connectivity index (χ4n) is 3.35. The lowest BCUT2D eigenvalue weighted by atomic mass is 10.0. The molecule has 2 atom stereocenters. The van der Waals surface area contributed by atoms with Gasteiger partial charge in [0.15, 0.2) is 0 Å². The molecule has 0 radical (unpaired) electrons. The van der Waals surface area contributed by atoms with E-state index in [9.17, 15) is 19.5 Å². The molecule has 3 N–H and O–H groups in total. The number of aliphatic carboxylic acids is 1. The summed E-state index contributed by atoms with van der Waals surface area (Å²) in [6, 6.07) is 20.5. The Morgan fingerprint density at radius 3 is 2.03 bits per heavy atom. The lowest BCUT2D eigenvalue weighted by Gasteiger charge is -2.22. The van der Waals surface area contributed by atoms with Crippen LogP contribution in [0.25, 0.3) is 0 Å². The van der Waals surface area contributed by atoms with E-state index >= 15 is 0 Å². The van der Waals surface area contributed by atoms with Crippen molar-refractivity contribution >= 4 is 41.2 Å². The number of halogens is 2. The van der Waals surface area contributed by atoms with Crippen molar-refractivity contribution in [3.63, 3.8) is 0 Å². The molecule has 0 saturated heterocycles. The molecule has 0 aliphatic carbocycles. The minimum absolute atomic E-state index is 0.0270. The van der Waals surface area contributed by atoms with Crippen LogP contribution in [-0.4, -0.2) is 35.2 Å². The number of ether oxygens (including phenoxy) is 1. The summed E-state index contributed by atoms with van der Waals surface area (Å²) in [6.45, 7) is 0.0270. The van der Waals surface area contributed by atoms with Crippen LogP contribution in [-0.2, 0) is 33.8 Å². The third-order valence-electron chi connectivity index (χ3n) is 5.16. The quantitative estimate of drug-likeness (QED) is 0.365. The van der Waals surface area contributed by atoms with Gasteiger partial charge in [0.25, 0.3) is 0 Å². The average molecular weight is 515 g/mol. The third-order valence-corrected chi connectivity index (χ3v) is 5.74. The van der Waals surface area contributed by atoms with Crippen molar-refractivity contribution in [1.29, 1.82) is 0 Å². The number of rotatable bonds is 10. The number of benzene rings is 3. The van der Waals surface area contributed by atoms with Gasteiger partial charge in [0.1, 0.15) is 18.7 Å². The summed E-state index contributed by atoms with van der Waals surface area (Å²) in [7, 11) is 0. The number of carboxylic acids is 1. The zero-order valence-electron chi connectivity index (χ0n) is 18.6. The minimum Gasteiger partial charge on any atom is -0.480 e. The molecule has 182 valence electrons. The second-order valence-electron chi connectivity index (χ2n) is 7.79. The molecule has 0 aromatic heterocycles. The van der Waals surface area contributed by atoms with E-state index in [0.717, 1.165) is 11.1 Å². The lowest BCUT2D eigenvalue weighted by Crippen LogP contribution is -2.53. The number of carboxylic acid groups (broad SMARTS) is 1. The van der Waals surface area contributed by atoms with E-state index in [4.69, 9.17) is 27.9 Å². The third kappa shape index (κ3) is 8.31. The summed E-state index contributed by atoms with van der Waals surface area (Å²) in [5.74, 6) is -1.91. The van der Waals surface area contributed by atoms with Crippen LogP contribution in [0, 0.1) is 0 Å². The number of alkyl carbamates (subject to hydrolysis) is 1. The summed E-state index contributed by atoms with van der Waals surface area (Å²) >= 11 is 12.1. The second-order valence-corrected chi connectivity index (χ2v) is 8.63. The van der Waals surface area contributed by atoms with E-state index in [0.29, 0.717) is 15.6 Å². The predicted molar refractivity (Wildman–Crippen MR) is 133 cm³/mol. The van der Waals surface area contributed by atoms with Gasteiger partial charge in [0.05, 0.1) is 0 Å². The molecule has 0 heterocycles. The van der Waals surface area contributed by atoms with Gasteiger partial charge in [-0.1, -0.05) is 89.9 Å². The number of hydrogen-bond acceptors (Lipinski definition) is 4. The topological polar surface area (TPSA) is 105 Å². The van der Waals surface area contributed by atoms with Gasteiger partial charge in [-0.2, -0.15) is 0 Å². The molecule has 0 saturated carbocycles. The van der Waals surface area contributed by atoms with Crippen LogP contribution in [0.1, 0.15) is 16.7 Å². The molecule has 3 aromatic rings. The number of nitrogens with one attached hydrogen (secondary N) is 2. The first kappa shape index (κ1) is 26.1. The number of amides is 2. The van der Waals surface area contributed by atoms with Crippen LogP contribution >= 0.6 is 23.2 Å². The van der Waals surface area contributed by atoms with Gasteiger partial charge in [-0.25, -0.2) is 9.59 Å². The van der Waals surface area contributed by atoms with Gasteiger partial charge in [-0.3, -0.25) is 4.79 Å². The highest BCUT2D eigenvalue weighted by Gasteiger charge is 2.28. The molecule has 7 nitrogen and oxygen atoms in total. The summed E-state index contributed by atoms with van der Waals surface area (Å²) in [6.07, 6.45) is -0.716. The Hall–Kier alpha value is -3.55. The van der Waals surface area contributed by atoms with E-state index in [-0.39, 0.29) is 19.4 Å². The molecule has 9 heteroatoms. The smallest absolute Gasteiger partial charge is 0.408 e. The summed E-state index contributed by atoms with van der Waals surface area (Å²) in [4.78, 5) is 37.4. The Balaban J connectivity index is 1.71. The maximum absolute atomic E-state index is 13.1. The molecule has 3 rings (SSSR count). The maximum atomic E-state index is 13.1. The van der Waals surface area contributed by atoms with Gasteiger partial charge >= 0.3 is 12.1 Å². The Kier molecular flexibility index (Phi) is 9.52. The molecule has 0 aliphatic rings. The van der Waals surface area contributed by atoms with Gasteiger partial charge in [-0.05, 0) is 28.8 Å². The summed E-state index contributed by atoms with van der Waals surface area (Å²) in [5.41, 5.74) is 2.08. The molecule has 35 heavy (non-hydrogen) atoms. The Morgan fingerprint density at radius 1 is 0.800 bits per heavy atom. The molecule has 0 bridgehead atoms. The van der Waals surface area contributed by atoms with Crippen LogP contribution < -0.4 is 10.6 Å². The van der Waals surface area contributed by atoms with Crippen LogP contribution in [0.5, 0.6) is 0 Å². The van der Waals surface area contributed by atoms with Crippen molar-refractivity contribution in [2.24, 2.45) is 0 Å². The highest BCUT2D eigenvalue weighted by molar-refractivity contribution is 6.35. The first-order chi connectivity index (χ1) is 16.8. The molecule has 0 spiro atoms. The van der Waals surface area contributed by atoms with Crippen molar-refractivity contribution in [1.82, 2.24) is 10.6 Å². The number of hydrogen-bond donors (Lipinski definition) is 3. The van der Waals surface area contributed by atoms with Gasteiger partial charge in [-0.15, -0.1) is 0 Å². The second kappa shape index (κ2) is 12.8. The highest BCUT2D eigenvalue weighted by Crippen LogP contribution is 2.22. The van der Waals surface area contributed by atoms with Gasteiger partial charge < -0.3 is 20.5 Å². The molecule has 0 unspecified atom stereocenters. The van der Waals surface area contributed by atoms with E-state index in [2.05, 4.69) is 10.6 Å². The van der Waals surface area contributed by atoms with Gasteiger partial charge in [0, 0.05) is 22.9 Å². The standard InChI is InChI=1S/C26H24Cl2N2O5/c27-20-12-11-19(21(28)15-20)14-23(25(32)33)29-24(31)22(13-17-7-3-1-4-8-17)30-26(34)35-16-18-9-5-2-6-10-18/h1-12,15,22-23H,13-14,16H2,(H,29,31)(H,30,34)(H,32,33)/t22-,23+/m1/s1. The van der Waals surface area contributed by atoms with Crippen molar-refractivity contribution in [3.8, 4) is 0 Å². The molecule has 3 aromatic carbocycles. The Morgan fingerprint density at radius 2 is 1.43 bits per heavy atom. The molecular formula is C26H24Cl2N2O5. The van der Waals surface area contributed by atoms with Crippen molar-refractivity contribution in [2.75, 3.05) is 0 Å². The zero-order valence-corrected chi connectivity index (χ0v) is 20.1. The monoisotopic (exact) mass is 514 g/mol. The van der Waals surface area contributed by atoms with Crippen molar-refractivity contribution in [2.45, 2.75) is 31.5 Å². The highest BCUT2D eigenvalue weighted by atomic mass is 35.5. The fourth-order valence-corrected chi connectivity index (χ4v) is 3.83. The van der Waals surface area contributed by atoms with Crippen LogP contribution in [0.2, 0.25) is 10.0 Å². The Bertz CT molecular complexity index is 1160. The molecule has 0 aliphatic heterocycles. The SMILES string of the molecule is O=C(N[C@H](Cc1ccccc1)C(=O)N[C@@H](Cc1ccc(Cl)cc1Cl)C(=O)O)OCc1ccccc1. The van der Waals surface area contributed by atoms with Gasteiger partial charge in [0.2, 0.25) is 5.91 Å². The largest absolute Gasteiger partial charge is 0.480 e. The van der Waals surface area contributed by atoms with Crippen molar-refractivity contribution in [3.05, 3.63) is 106 Å². The Labute approximate surface area is 213 Å². The number of carbonyl (C=O) groups is 3. The van der Waals surface area contributed by atoms with Crippen LogP contribution in [0.15, 0.2) is 78.9 Å². The minimum atomic E-state index is -1.28. The fraction of sp³-hybridized carbons (Fsp3) is 0.192. The average Bonchev–Trinajstić information content (AvgIpc) is 2.84. The van der Waals surface area contributed by atoms with Crippen molar-refractivity contribution < 1.29 is 24.2 Å². The zero-order chi connectivity index (χ0) is 25.2. The first-order valence-corrected chi connectivity index (χ1v) is 11.6. The lowest BCUT2D eigenvalue weighted by molar-refractivity contribution is -0.142. The summed E-state index contributed by atoms with van der Waals surface area (Å²) in [5, 5.41) is 15.5. The summed E-state index contributed by atoms with van der Waals surface area (Å²) < 4.78 is 5.25. The van der Waals surface area contributed by atoms with E-state index in [1.54, 1.807) is 48.5 Å². The predicted octanol–water partition coefficient (Wildman–Crippen LogP) is 4.64. The van der Waals surface area contributed by atoms with E-state index in [1.165, 1.54) is 6.07 Å². The van der Waals surface area contributed by atoms with Crippen LogP contribution in [0.4, 0.5) is 4.79 Å².